The number of carbonyl (C=O) groups is 2. The van der Waals surface area contributed by atoms with E-state index in [4.69, 9.17) is 0 Å². The van der Waals surface area contributed by atoms with Crippen molar-refractivity contribution >= 4 is 17.6 Å². The van der Waals surface area contributed by atoms with Crippen molar-refractivity contribution in [3.63, 3.8) is 0 Å². The molecule has 1 aliphatic rings. The van der Waals surface area contributed by atoms with E-state index in [0.717, 1.165) is 4.90 Å². The van der Waals surface area contributed by atoms with Crippen LogP contribution in [0.4, 0.5) is 10.5 Å². The van der Waals surface area contributed by atoms with E-state index in [1.54, 1.807) is 0 Å². The van der Waals surface area contributed by atoms with Crippen LogP contribution in [0.2, 0.25) is 0 Å². The van der Waals surface area contributed by atoms with Gasteiger partial charge in [0.25, 0.3) is 0 Å². The predicted octanol–water partition coefficient (Wildman–Crippen LogP) is 0.154. The highest BCUT2D eigenvalue weighted by atomic mass is 16.3. The van der Waals surface area contributed by atoms with Gasteiger partial charge in [0.2, 0.25) is 5.91 Å². The second-order valence-corrected chi connectivity index (χ2v) is 3.08. The number of benzene rings is 1. The van der Waals surface area contributed by atoms with Gasteiger partial charge in [0.1, 0.15) is 6.54 Å². The maximum Gasteiger partial charge on any atom is 0.329 e. The van der Waals surface area contributed by atoms with Crippen molar-refractivity contribution in [2.75, 3.05) is 11.4 Å². The molecule has 0 unspecified atom stereocenters. The van der Waals surface area contributed by atoms with Gasteiger partial charge in [-0.3, -0.25) is 15.0 Å². The third-order valence-electron chi connectivity index (χ3n) is 2.08. The molecule has 0 radical (unpaired) electrons. The molecule has 2 rings (SSSR count). The number of nitrogens with zero attached hydrogens (tertiary/aromatic N) is 1. The van der Waals surface area contributed by atoms with Gasteiger partial charge >= 0.3 is 6.03 Å². The minimum atomic E-state index is -0.610. The first-order valence-corrected chi connectivity index (χ1v) is 4.22. The summed E-state index contributed by atoms with van der Waals surface area (Å²) in [4.78, 5) is 23.2. The second kappa shape index (κ2) is 3.16. The van der Waals surface area contributed by atoms with Gasteiger partial charge in [-0.25, -0.2) is 4.79 Å². The smallest absolute Gasteiger partial charge is 0.329 e. The summed E-state index contributed by atoms with van der Waals surface area (Å²) in [5, 5.41) is 20.8. The maximum atomic E-state index is 11.2. The molecule has 6 heteroatoms. The Morgan fingerprint density at radius 3 is 2.60 bits per heavy atom. The number of urea groups is 1. The Hall–Kier alpha value is -2.24. The van der Waals surface area contributed by atoms with Gasteiger partial charge in [0.05, 0.1) is 5.69 Å². The largest absolute Gasteiger partial charge is 0.504 e. The number of hydrogen-bond donors (Lipinski definition) is 3. The van der Waals surface area contributed by atoms with Crippen molar-refractivity contribution < 1.29 is 19.8 Å². The van der Waals surface area contributed by atoms with Gasteiger partial charge in [-0.1, -0.05) is 6.07 Å². The molecule has 0 saturated carbocycles. The van der Waals surface area contributed by atoms with Crippen LogP contribution in [0.5, 0.6) is 11.5 Å². The normalized spacial score (nSPS) is 15.6. The molecular formula is C9H8N2O4. The van der Waals surface area contributed by atoms with Crippen LogP contribution in [-0.2, 0) is 4.79 Å². The molecule has 1 saturated heterocycles. The number of imide groups is 1. The highest BCUT2D eigenvalue weighted by Gasteiger charge is 2.30. The second-order valence-electron chi connectivity index (χ2n) is 3.08. The van der Waals surface area contributed by atoms with E-state index in [0.29, 0.717) is 0 Å². The van der Waals surface area contributed by atoms with Gasteiger partial charge in [-0.2, -0.15) is 0 Å². The van der Waals surface area contributed by atoms with Gasteiger partial charge in [-0.05, 0) is 12.1 Å². The lowest BCUT2D eigenvalue weighted by Gasteiger charge is -2.14. The van der Waals surface area contributed by atoms with Gasteiger partial charge in [0.15, 0.2) is 11.5 Å². The number of phenols is 2. The first kappa shape index (κ1) is 9.32. The van der Waals surface area contributed by atoms with Crippen molar-refractivity contribution in [3.8, 4) is 11.5 Å². The molecule has 1 heterocycles. The molecule has 0 aromatic heterocycles. The zero-order valence-corrected chi connectivity index (χ0v) is 7.60. The average molecular weight is 208 g/mol. The van der Waals surface area contributed by atoms with E-state index in [-0.39, 0.29) is 18.0 Å². The summed E-state index contributed by atoms with van der Waals surface area (Å²) in [6.45, 7) is -0.157. The first-order chi connectivity index (χ1) is 7.09. The Morgan fingerprint density at radius 2 is 2.00 bits per heavy atom. The van der Waals surface area contributed by atoms with Crippen molar-refractivity contribution in [2.24, 2.45) is 0 Å². The summed E-state index contributed by atoms with van der Waals surface area (Å²) >= 11 is 0. The summed E-state index contributed by atoms with van der Waals surface area (Å²) in [5.74, 6) is -1.19. The number of rotatable bonds is 1. The number of anilines is 1. The van der Waals surface area contributed by atoms with Crippen LogP contribution < -0.4 is 10.2 Å². The van der Waals surface area contributed by atoms with Crippen molar-refractivity contribution in [2.45, 2.75) is 0 Å². The Kier molecular flexibility index (Phi) is 1.96. The fraction of sp³-hybridized carbons (Fsp3) is 0.111. The average Bonchev–Trinajstić information content (AvgIpc) is 2.50. The Bertz CT molecular complexity index is 444. The number of nitrogens with one attached hydrogen (secondary N) is 1. The van der Waals surface area contributed by atoms with E-state index in [1.165, 1.54) is 18.2 Å². The molecule has 1 aromatic rings. The SMILES string of the molecule is O=C1CN(c2cccc(O)c2O)C(=O)N1. The number of phenolic OH excluding ortho intramolecular Hbond substituents is 2. The predicted molar refractivity (Wildman–Crippen MR) is 50.7 cm³/mol. The molecule has 0 spiro atoms. The molecule has 3 amide bonds. The molecule has 6 nitrogen and oxygen atoms in total. The summed E-state index contributed by atoms with van der Waals surface area (Å²) in [6, 6.07) is 3.59. The molecule has 1 fully saturated rings. The lowest BCUT2D eigenvalue weighted by Crippen LogP contribution is -2.27. The standard InChI is InChI=1S/C9H8N2O4/c12-6-3-1-2-5(8(6)14)11-4-7(13)10-9(11)15/h1-3,12,14H,4H2,(H,10,13,15). The molecular weight excluding hydrogens is 200 g/mol. The molecule has 0 bridgehead atoms. The van der Waals surface area contributed by atoms with Crippen LogP contribution in [0.1, 0.15) is 0 Å². The lowest BCUT2D eigenvalue weighted by molar-refractivity contribution is -0.117. The zero-order chi connectivity index (χ0) is 11.0. The van der Waals surface area contributed by atoms with Gasteiger partial charge in [-0.15, -0.1) is 0 Å². The van der Waals surface area contributed by atoms with Crippen molar-refractivity contribution in [1.82, 2.24) is 5.32 Å². The first-order valence-electron chi connectivity index (χ1n) is 4.22. The topological polar surface area (TPSA) is 89.9 Å². The van der Waals surface area contributed by atoms with Crippen LogP contribution in [0.25, 0.3) is 0 Å². The van der Waals surface area contributed by atoms with Crippen LogP contribution in [0.3, 0.4) is 0 Å². The van der Waals surface area contributed by atoms with Crippen molar-refractivity contribution in [3.05, 3.63) is 18.2 Å². The minimum Gasteiger partial charge on any atom is -0.504 e. The number of carbonyl (C=O) groups excluding carboxylic acids is 2. The number of amides is 3. The molecule has 0 atom stereocenters. The molecule has 0 aliphatic carbocycles. The van der Waals surface area contributed by atoms with Crippen molar-refractivity contribution in [1.29, 1.82) is 0 Å². The number of para-hydroxylation sites is 1. The lowest BCUT2D eigenvalue weighted by atomic mass is 10.2. The van der Waals surface area contributed by atoms with Crippen LogP contribution >= 0.6 is 0 Å². The third-order valence-corrected chi connectivity index (χ3v) is 2.08. The Balaban J connectivity index is 2.42. The van der Waals surface area contributed by atoms with Crippen LogP contribution in [0, 0.1) is 0 Å². The van der Waals surface area contributed by atoms with E-state index in [9.17, 15) is 19.8 Å². The van der Waals surface area contributed by atoms with E-state index < -0.39 is 17.7 Å². The Morgan fingerprint density at radius 1 is 1.27 bits per heavy atom. The fourth-order valence-corrected chi connectivity index (χ4v) is 1.37. The summed E-state index contributed by atoms with van der Waals surface area (Å²) in [7, 11) is 0. The minimum absolute atomic E-state index is 0.110. The summed E-state index contributed by atoms with van der Waals surface area (Å²) in [5.41, 5.74) is 0.110. The maximum absolute atomic E-state index is 11.2. The summed E-state index contributed by atoms with van der Waals surface area (Å²) < 4.78 is 0. The third kappa shape index (κ3) is 1.45. The van der Waals surface area contributed by atoms with Gasteiger partial charge < -0.3 is 10.2 Å². The fourth-order valence-electron chi connectivity index (χ4n) is 1.37. The quantitative estimate of drug-likeness (QED) is 0.452. The van der Waals surface area contributed by atoms with E-state index >= 15 is 0 Å². The van der Waals surface area contributed by atoms with Crippen LogP contribution in [-0.4, -0.2) is 28.7 Å². The highest BCUT2D eigenvalue weighted by Crippen LogP contribution is 2.35. The van der Waals surface area contributed by atoms with Gasteiger partial charge in [0, 0.05) is 0 Å². The molecule has 1 aliphatic heterocycles. The van der Waals surface area contributed by atoms with E-state index in [1.807, 2.05) is 0 Å². The zero-order valence-electron chi connectivity index (χ0n) is 7.60. The number of aromatic hydroxyl groups is 2. The van der Waals surface area contributed by atoms with E-state index in [2.05, 4.69) is 5.32 Å². The van der Waals surface area contributed by atoms with Crippen LogP contribution in [0.15, 0.2) is 18.2 Å². The summed E-state index contributed by atoms with van der Waals surface area (Å²) in [6.07, 6.45) is 0. The monoisotopic (exact) mass is 208 g/mol. The molecule has 1 aromatic carbocycles. The number of hydrogen-bond acceptors (Lipinski definition) is 4. The highest BCUT2D eigenvalue weighted by molar-refractivity contribution is 6.12. The molecule has 15 heavy (non-hydrogen) atoms. The Labute approximate surface area is 84.7 Å². The molecule has 78 valence electrons. The molecule has 3 N–H and O–H groups in total.